The Morgan fingerprint density at radius 1 is 1.19 bits per heavy atom. The molecule has 3 rings (SSSR count). The molecule has 0 saturated carbocycles. The third kappa shape index (κ3) is 2.23. The highest BCUT2D eigenvalue weighted by Crippen LogP contribution is 2.25. The minimum absolute atomic E-state index is 0.545. The van der Waals surface area contributed by atoms with Gasteiger partial charge in [0.25, 0.3) is 0 Å². The van der Waals surface area contributed by atoms with E-state index in [4.69, 9.17) is 10.7 Å². The fourth-order valence-corrected chi connectivity index (χ4v) is 2.66. The molecule has 0 spiro atoms. The summed E-state index contributed by atoms with van der Waals surface area (Å²) in [4.78, 5) is 4.78. The molecule has 0 saturated heterocycles. The predicted octanol–water partition coefficient (Wildman–Crippen LogP) is 2.48. The van der Waals surface area contributed by atoms with Crippen LogP contribution in [-0.2, 0) is 26.6 Å². The lowest BCUT2D eigenvalue weighted by Crippen LogP contribution is -2.03. The van der Waals surface area contributed by atoms with Gasteiger partial charge in [-0.25, -0.2) is 4.98 Å². The summed E-state index contributed by atoms with van der Waals surface area (Å²) in [5, 5.41) is 4.61. The Labute approximate surface area is 124 Å². The molecule has 2 aromatic heterocycles. The first-order valence-electron chi connectivity index (χ1n) is 7.40. The Morgan fingerprint density at radius 2 is 2.00 bits per heavy atom. The van der Waals surface area contributed by atoms with Crippen molar-refractivity contribution in [2.45, 2.75) is 33.4 Å². The van der Waals surface area contributed by atoms with Gasteiger partial charge in [0, 0.05) is 20.1 Å². The molecule has 0 atom stereocenters. The lowest BCUT2D eigenvalue weighted by molar-refractivity contribution is 0.650. The molecule has 2 heterocycles. The van der Waals surface area contributed by atoms with Crippen LogP contribution in [-0.4, -0.2) is 19.3 Å². The topological polar surface area (TPSA) is 61.7 Å². The molecule has 0 aliphatic carbocycles. The van der Waals surface area contributed by atoms with Crippen LogP contribution in [0.15, 0.2) is 24.3 Å². The minimum Gasteiger partial charge on any atom is -0.326 e. The third-order valence-corrected chi connectivity index (χ3v) is 3.90. The average Bonchev–Trinajstić information content (AvgIpc) is 3.08. The van der Waals surface area contributed by atoms with Crippen LogP contribution in [0.5, 0.6) is 0 Å². The van der Waals surface area contributed by atoms with E-state index in [1.165, 1.54) is 0 Å². The molecule has 1 aromatic carbocycles. The van der Waals surface area contributed by atoms with Gasteiger partial charge in [-0.05, 0) is 37.1 Å². The molecule has 0 radical (unpaired) electrons. The number of nitrogens with zero attached hydrogens (tertiary/aromatic N) is 4. The smallest absolute Gasteiger partial charge is 0.159 e. The molecule has 5 heteroatoms. The van der Waals surface area contributed by atoms with Crippen molar-refractivity contribution in [2.75, 3.05) is 0 Å². The van der Waals surface area contributed by atoms with Crippen LogP contribution in [0.25, 0.3) is 22.6 Å². The highest BCUT2D eigenvalue weighted by atomic mass is 15.3. The second-order valence-corrected chi connectivity index (χ2v) is 5.21. The van der Waals surface area contributed by atoms with Crippen LogP contribution in [0.3, 0.4) is 0 Å². The Hall–Kier alpha value is -2.14. The molecule has 2 N–H and O–H groups in total. The first kappa shape index (κ1) is 13.8. The molecule has 21 heavy (non-hydrogen) atoms. The van der Waals surface area contributed by atoms with Gasteiger partial charge in [-0.15, -0.1) is 0 Å². The van der Waals surface area contributed by atoms with E-state index in [-0.39, 0.29) is 0 Å². The minimum atomic E-state index is 0.545. The van der Waals surface area contributed by atoms with Crippen molar-refractivity contribution < 1.29 is 0 Å². The zero-order valence-corrected chi connectivity index (χ0v) is 12.8. The molecule has 0 fully saturated rings. The van der Waals surface area contributed by atoms with Gasteiger partial charge < -0.3 is 10.3 Å². The van der Waals surface area contributed by atoms with Gasteiger partial charge in [-0.1, -0.05) is 13.0 Å². The first-order valence-corrected chi connectivity index (χ1v) is 7.40. The Balaban J connectivity index is 2.20. The van der Waals surface area contributed by atoms with Gasteiger partial charge in [0.15, 0.2) is 5.82 Å². The normalized spacial score (nSPS) is 11.4. The van der Waals surface area contributed by atoms with Gasteiger partial charge >= 0.3 is 0 Å². The van der Waals surface area contributed by atoms with E-state index in [2.05, 4.69) is 35.6 Å². The summed E-state index contributed by atoms with van der Waals surface area (Å²) in [5.41, 5.74) is 11.1. The van der Waals surface area contributed by atoms with Crippen molar-refractivity contribution in [1.82, 2.24) is 19.3 Å². The quantitative estimate of drug-likeness (QED) is 0.800. The number of hydrogen-bond acceptors (Lipinski definition) is 3. The summed E-state index contributed by atoms with van der Waals surface area (Å²) in [6, 6.07) is 8.32. The summed E-state index contributed by atoms with van der Waals surface area (Å²) in [7, 11) is 2.05. The molecule has 0 amide bonds. The van der Waals surface area contributed by atoms with Gasteiger partial charge in [-0.3, -0.25) is 4.68 Å². The third-order valence-electron chi connectivity index (χ3n) is 3.90. The van der Waals surface area contributed by atoms with Gasteiger partial charge in [-0.2, -0.15) is 5.10 Å². The lowest BCUT2D eigenvalue weighted by Gasteiger charge is -2.05. The summed E-state index contributed by atoms with van der Waals surface area (Å²) in [5.74, 6) is 0.952. The van der Waals surface area contributed by atoms with Crippen LogP contribution >= 0.6 is 0 Å². The van der Waals surface area contributed by atoms with E-state index < -0.39 is 0 Å². The summed E-state index contributed by atoms with van der Waals surface area (Å²) in [6.45, 7) is 5.61. The van der Waals surface area contributed by atoms with Crippen LogP contribution in [0, 0.1) is 0 Å². The maximum Gasteiger partial charge on any atom is 0.159 e. The largest absolute Gasteiger partial charge is 0.326 e. The van der Waals surface area contributed by atoms with Crippen LogP contribution in [0.4, 0.5) is 0 Å². The number of imidazole rings is 1. The number of aromatic nitrogens is 4. The maximum absolute atomic E-state index is 5.73. The molecule has 0 bridgehead atoms. The second-order valence-electron chi connectivity index (χ2n) is 5.21. The Morgan fingerprint density at radius 3 is 2.67 bits per heavy atom. The number of aryl methyl sites for hydroxylation is 3. The van der Waals surface area contributed by atoms with Gasteiger partial charge in [0.2, 0.25) is 0 Å². The maximum atomic E-state index is 5.73. The summed E-state index contributed by atoms with van der Waals surface area (Å²) >= 11 is 0. The molecule has 110 valence electrons. The van der Waals surface area contributed by atoms with E-state index in [1.807, 2.05) is 23.9 Å². The molecule has 5 nitrogen and oxygen atoms in total. The second kappa shape index (κ2) is 5.33. The summed E-state index contributed by atoms with van der Waals surface area (Å²) in [6.07, 6.45) is 0.932. The Bertz CT molecular complexity index is 781. The van der Waals surface area contributed by atoms with Crippen molar-refractivity contribution in [1.29, 1.82) is 0 Å². The van der Waals surface area contributed by atoms with Crippen molar-refractivity contribution in [3.05, 3.63) is 35.5 Å². The zero-order chi connectivity index (χ0) is 15.0. The van der Waals surface area contributed by atoms with E-state index in [0.717, 1.165) is 46.8 Å². The van der Waals surface area contributed by atoms with Gasteiger partial charge in [0.05, 0.1) is 16.7 Å². The van der Waals surface area contributed by atoms with Crippen molar-refractivity contribution in [3.8, 4) is 11.5 Å². The van der Waals surface area contributed by atoms with E-state index in [1.54, 1.807) is 0 Å². The monoisotopic (exact) mass is 283 g/mol. The first-order chi connectivity index (χ1) is 10.2. The highest BCUT2D eigenvalue weighted by Gasteiger charge is 2.15. The lowest BCUT2D eigenvalue weighted by atomic mass is 10.2. The molecular formula is C16H21N5. The molecule has 0 unspecified atom stereocenters. The fourth-order valence-electron chi connectivity index (χ4n) is 2.66. The standard InChI is InChI=1S/C16H21N5/c1-4-12-9-15(21(5-2)19-12)16-18-13-7-6-11(10-17)8-14(13)20(16)3/h6-9H,4-5,10,17H2,1-3H3. The molecule has 3 aromatic rings. The number of benzene rings is 1. The zero-order valence-electron chi connectivity index (χ0n) is 12.8. The number of nitrogens with two attached hydrogens (primary N) is 1. The number of hydrogen-bond donors (Lipinski definition) is 1. The fraction of sp³-hybridized carbons (Fsp3) is 0.375. The van der Waals surface area contributed by atoms with Crippen molar-refractivity contribution in [2.24, 2.45) is 12.8 Å². The SMILES string of the molecule is CCc1cc(-c2nc3ccc(CN)cc3n2C)n(CC)n1. The molecule has 0 aliphatic heterocycles. The van der Waals surface area contributed by atoms with Crippen molar-refractivity contribution in [3.63, 3.8) is 0 Å². The van der Waals surface area contributed by atoms with Crippen molar-refractivity contribution >= 4 is 11.0 Å². The van der Waals surface area contributed by atoms with E-state index in [9.17, 15) is 0 Å². The average molecular weight is 283 g/mol. The predicted molar refractivity (Wildman–Crippen MR) is 84.9 cm³/mol. The van der Waals surface area contributed by atoms with Crippen LogP contribution < -0.4 is 5.73 Å². The number of rotatable bonds is 4. The molecule has 0 aliphatic rings. The van der Waals surface area contributed by atoms with Crippen LogP contribution in [0.2, 0.25) is 0 Å². The van der Waals surface area contributed by atoms with E-state index in [0.29, 0.717) is 6.54 Å². The summed E-state index contributed by atoms with van der Waals surface area (Å²) < 4.78 is 4.14. The number of fused-ring (bicyclic) bond motifs is 1. The molecular weight excluding hydrogens is 262 g/mol. The highest BCUT2D eigenvalue weighted by molar-refractivity contribution is 5.80. The Kier molecular flexibility index (Phi) is 3.51. The van der Waals surface area contributed by atoms with E-state index >= 15 is 0 Å². The van der Waals surface area contributed by atoms with Gasteiger partial charge in [0.1, 0.15) is 5.69 Å². The van der Waals surface area contributed by atoms with Crippen LogP contribution in [0.1, 0.15) is 25.1 Å².